The Labute approximate surface area is 163 Å². The molecule has 5 heteroatoms. The molecular weight excluding hydrogens is 360 g/mol. The summed E-state index contributed by atoms with van der Waals surface area (Å²) in [5, 5.41) is 0. The van der Waals surface area contributed by atoms with Gasteiger partial charge in [-0.2, -0.15) is 8.42 Å². The molecule has 0 radical (unpaired) electrons. The first-order valence-corrected chi connectivity index (χ1v) is 11.2. The molecule has 148 valence electrons. The highest BCUT2D eigenvalue weighted by Crippen LogP contribution is 2.16. The number of unbranched alkanes of at least 4 members (excludes halogenated alkanes) is 5. The topological polar surface area (TPSA) is 52.6 Å². The second kappa shape index (κ2) is 11.8. The molecule has 27 heavy (non-hydrogen) atoms. The number of ether oxygens (including phenoxy) is 1. The summed E-state index contributed by atoms with van der Waals surface area (Å²) in [6.07, 6.45) is 8.87. The van der Waals surface area contributed by atoms with Crippen molar-refractivity contribution in [3.05, 3.63) is 60.2 Å². The van der Waals surface area contributed by atoms with Crippen LogP contribution in [0.5, 0.6) is 5.75 Å². The molecule has 2 aromatic carbocycles. The fourth-order valence-electron chi connectivity index (χ4n) is 2.82. The van der Waals surface area contributed by atoms with Crippen molar-refractivity contribution in [2.24, 2.45) is 0 Å². The zero-order valence-corrected chi connectivity index (χ0v) is 16.9. The monoisotopic (exact) mass is 390 g/mol. The maximum Gasteiger partial charge on any atom is 0.297 e. The van der Waals surface area contributed by atoms with Gasteiger partial charge in [0.05, 0.1) is 4.90 Å². The fraction of sp³-hybridized carbons (Fsp3) is 0.455. The van der Waals surface area contributed by atoms with Gasteiger partial charge in [-0.3, -0.25) is 4.18 Å². The van der Waals surface area contributed by atoms with Crippen LogP contribution in [0.2, 0.25) is 0 Å². The normalized spacial score (nSPS) is 11.4. The molecule has 0 bridgehead atoms. The van der Waals surface area contributed by atoms with E-state index < -0.39 is 10.1 Å². The standard InChI is InChI=1S/C22H30O4S/c1-2-3-4-5-6-8-11-20-14-16-21(17-15-20)25-18-19-26-27(23,24)22-12-9-7-10-13-22/h7,9-10,12-17H,2-6,8,11,18-19H2,1H3. The summed E-state index contributed by atoms with van der Waals surface area (Å²) in [4.78, 5) is 0.157. The zero-order chi connectivity index (χ0) is 19.4. The van der Waals surface area contributed by atoms with Gasteiger partial charge < -0.3 is 4.74 Å². The van der Waals surface area contributed by atoms with Crippen molar-refractivity contribution in [2.75, 3.05) is 13.2 Å². The Morgan fingerprint density at radius 1 is 0.778 bits per heavy atom. The van der Waals surface area contributed by atoms with Crippen molar-refractivity contribution in [1.29, 1.82) is 0 Å². The minimum Gasteiger partial charge on any atom is -0.491 e. The largest absolute Gasteiger partial charge is 0.491 e. The van der Waals surface area contributed by atoms with Crippen LogP contribution >= 0.6 is 0 Å². The third-order valence-corrected chi connectivity index (χ3v) is 5.69. The average molecular weight is 391 g/mol. The molecule has 2 rings (SSSR count). The van der Waals surface area contributed by atoms with Gasteiger partial charge in [-0.25, -0.2) is 0 Å². The third kappa shape index (κ3) is 8.14. The Morgan fingerprint density at radius 2 is 1.44 bits per heavy atom. The molecule has 0 amide bonds. The van der Waals surface area contributed by atoms with E-state index in [4.69, 9.17) is 8.92 Å². The number of benzene rings is 2. The molecule has 0 spiro atoms. The predicted octanol–water partition coefficient (Wildman–Crippen LogP) is 5.37. The minimum absolute atomic E-state index is 0.0171. The lowest BCUT2D eigenvalue weighted by atomic mass is 10.0. The lowest BCUT2D eigenvalue weighted by Gasteiger charge is -2.08. The molecule has 0 aliphatic carbocycles. The highest BCUT2D eigenvalue weighted by molar-refractivity contribution is 7.86. The molecule has 2 aromatic rings. The Bertz CT molecular complexity index is 740. The van der Waals surface area contributed by atoms with Crippen LogP contribution in [0.25, 0.3) is 0 Å². The van der Waals surface area contributed by atoms with Crippen LogP contribution < -0.4 is 4.74 Å². The summed E-state index contributed by atoms with van der Waals surface area (Å²) >= 11 is 0. The van der Waals surface area contributed by atoms with Crippen molar-refractivity contribution >= 4 is 10.1 Å². The Morgan fingerprint density at radius 3 is 2.15 bits per heavy atom. The quantitative estimate of drug-likeness (QED) is 0.341. The smallest absolute Gasteiger partial charge is 0.297 e. The van der Waals surface area contributed by atoms with Crippen LogP contribution in [0.4, 0.5) is 0 Å². The maximum absolute atomic E-state index is 12.0. The van der Waals surface area contributed by atoms with Crippen LogP contribution in [0, 0.1) is 0 Å². The highest BCUT2D eigenvalue weighted by atomic mass is 32.2. The summed E-state index contributed by atoms with van der Waals surface area (Å²) in [5.74, 6) is 0.724. The molecule has 4 nitrogen and oxygen atoms in total. The molecule has 0 fully saturated rings. The van der Waals surface area contributed by atoms with Gasteiger partial charge in [0.1, 0.15) is 19.0 Å². The number of hydrogen-bond acceptors (Lipinski definition) is 4. The molecule has 0 saturated heterocycles. The van der Waals surface area contributed by atoms with E-state index in [1.54, 1.807) is 18.2 Å². The van der Waals surface area contributed by atoms with Crippen molar-refractivity contribution in [2.45, 2.75) is 56.8 Å². The molecule has 0 heterocycles. The molecule has 0 unspecified atom stereocenters. The van der Waals surface area contributed by atoms with Gasteiger partial charge in [0.2, 0.25) is 0 Å². The third-order valence-electron chi connectivity index (χ3n) is 4.36. The lowest BCUT2D eigenvalue weighted by molar-refractivity contribution is 0.221. The molecule has 0 aliphatic rings. The van der Waals surface area contributed by atoms with E-state index >= 15 is 0 Å². The van der Waals surface area contributed by atoms with Crippen LogP contribution in [0.1, 0.15) is 51.0 Å². The molecule has 0 saturated carbocycles. The second-order valence-electron chi connectivity index (χ2n) is 6.60. The van der Waals surface area contributed by atoms with Gasteiger partial charge in [0, 0.05) is 0 Å². The van der Waals surface area contributed by atoms with E-state index in [1.165, 1.54) is 56.2 Å². The van der Waals surface area contributed by atoms with Crippen LogP contribution in [-0.4, -0.2) is 21.6 Å². The van der Waals surface area contributed by atoms with Gasteiger partial charge in [-0.15, -0.1) is 0 Å². The van der Waals surface area contributed by atoms with Crippen molar-refractivity contribution in [3.8, 4) is 5.75 Å². The van der Waals surface area contributed by atoms with Crippen LogP contribution in [0.15, 0.2) is 59.5 Å². The van der Waals surface area contributed by atoms with E-state index in [0.717, 1.165) is 12.2 Å². The van der Waals surface area contributed by atoms with E-state index in [-0.39, 0.29) is 18.1 Å². The highest BCUT2D eigenvalue weighted by Gasteiger charge is 2.13. The van der Waals surface area contributed by atoms with E-state index in [9.17, 15) is 8.42 Å². The first kappa shape index (κ1) is 21.5. The van der Waals surface area contributed by atoms with Crippen LogP contribution in [-0.2, 0) is 20.7 Å². The molecule has 0 aromatic heterocycles. The second-order valence-corrected chi connectivity index (χ2v) is 8.21. The van der Waals surface area contributed by atoms with E-state index in [1.807, 2.05) is 12.1 Å². The van der Waals surface area contributed by atoms with Gasteiger partial charge in [0.15, 0.2) is 0 Å². The average Bonchev–Trinajstić information content (AvgIpc) is 2.70. The first-order chi connectivity index (χ1) is 13.1. The number of rotatable bonds is 13. The van der Waals surface area contributed by atoms with Gasteiger partial charge in [-0.05, 0) is 42.7 Å². The molecular formula is C22H30O4S. The van der Waals surface area contributed by atoms with Crippen LogP contribution in [0.3, 0.4) is 0 Å². The summed E-state index contributed by atoms with van der Waals surface area (Å²) in [7, 11) is -3.72. The van der Waals surface area contributed by atoms with Crippen molar-refractivity contribution < 1.29 is 17.3 Å². The fourth-order valence-corrected chi connectivity index (χ4v) is 3.73. The lowest BCUT2D eigenvalue weighted by Crippen LogP contribution is -2.13. The Balaban J connectivity index is 1.65. The minimum atomic E-state index is -3.72. The van der Waals surface area contributed by atoms with Gasteiger partial charge >= 0.3 is 0 Å². The molecule has 0 aliphatic heterocycles. The van der Waals surface area contributed by atoms with Gasteiger partial charge in [0.25, 0.3) is 10.1 Å². The first-order valence-electron chi connectivity index (χ1n) is 9.78. The summed E-state index contributed by atoms with van der Waals surface area (Å²) in [6.45, 7) is 2.40. The molecule has 0 atom stereocenters. The summed E-state index contributed by atoms with van der Waals surface area (Å²) in [5.41, 5.74) is 1.31. The molecule has 0 N–H and O–H groups in total. The van der Waals surface area contributed by atoms with Crippen molar-refractivity contribution in [3.63, 3.8) is 0 Å². The number of aryl methyl sites for hydroxylation is 1. The number of hydrogen-bond donors (Lipinski definition) is 0. The van der Waals surface area contributed by atoms with E-state index in [0.29, 0.717) is 0 Å². The summed E-state index contributed by atoms with van der Waals surface area (Å²) in [6, 6.07) is 16.1. The Hall–Kier alpha value is -1.85. The predicted molar refractivity (Wildman–Crippen MR) is 109 cm³/mol. The zero-order valence-electron chi connectivity index (χ0n) is 16.1. The van der Waals surface area contributed by atoms with Gasteiger partial charge in [-0.1, -0.05) is 69.4 Å². The maximum atomic E-state index is 12.0. The van der Waals surface area contributed by atoms with Crippen molar-refractivity contribution in [1.82, 2.24) is 0 Å². The summed E-state index contributed by atoms with van der Waals surface area (Å²) < 4.78 is 34.6. The van der Waals surface area contributed by atoms with E-state index in [2.05, 4.69) is 19.1 Å². The Kier molecular flexibility index (Phi) is 9.36. The SMILES string of the molecule is CCCCCCCCc1ccc(OCCOS(=O)(=O)c2ccccc2)cc1.